The van der Waals surface area contributed by atoms with Gasteiger partial charge in [-0.25, -0.2) is 4.98 Å². The number of anilines is 2. The Kier molecular flexibility index (Phi) is 5.90. The first-order chi connectivity index (χ1) is 13.0. The number of amidine groups is 1. The third-order valence-electron chi connectivity index (χ3n) is 4.57. The van der Waals surface area contributed by atoms with E-state index in [0.717, 1.165) is 43.2 Å². The maximum absolute atomic E-state index is 11.5. The first-order valence-electron chi connectivity index (χ1n) is 9.02. The molecule has 142 valence electrons. The van der Waals surface area contributed by atoms with Crippen LogP contribution in [0.15, 0.2) is 42.6 Å². The fourth-order valence-corrected chi connectivity index (χ4v) is 3.20. The molecule has 0 amide bonds. The Morgan fingerprint density at radius 3 is 2.63 bits per heavy atom. The van der Waals surface area contributed by atoms with Crippen molar-refractivity contribution in [2.75, 3.05) is 36.0 Å². The molecule has 0 saturated carbocycles. The van der Waals surface area contributed by atoms with Gasteiger partial charge >= 0.3 is 5.97 Å². The van der Waals surface area contributed by atoms with Crippen LogP contribution in [0.25, 0.3) is 0 Å². The molecule has 27 heavy (non-hydrogen) atoms. The Labute approximate surface area is 159 Å². The van der Waals surface area contributed by atoms with E-state index in [9.17, 15) is 4.79 Å². The summed E-state index contributed by atoms with van der Waals surface area (Å²) in [7, 11) is 0. The van der Waals surface area contributed by atoms with Crippen LogP contribution in [0.1, 0.15) is 17.5 Å². The highest BCUT2D eigenvalue weighted by Gasteiger charge is 2.19. The van der Waals surface area contributed by atoms with Crippen LogP contribution >= 0.6 is 0 Å². The van der Waals surface area contributed by atoms with Gasteiger partial charge in [-0.1, -0.05) is 18.2 Å². The predicted octanol–water partition coefficient (Wildman–Crippen LogP) is 2.09. The van der Waals surface area contributed by atoms with Crippen molar-refractivity contribution in [1.82, 2.24) is 4.98 Å². The van der Waals surface area contributed by atoms with E-state index in [1.165, 1.54) is 5.56 Å². The summed E-state index contributed by atoms with van der Waals surface area (Å²) in [5, 5.41) is 7.13. The number of pyridine rings is 1. The summed E-state index contributed by atoms with van der Waals surface area (Å²) in [5.41, 5.74) is 8.45. The van der Waals surface area contributed by atoms with Crippen LogP contribution in [0.2, 0.25) is 0 Å². The number of hydrogen-bond donors (Lipinski definition) is 2. The van der Waals surface area contributed by atoms with Crippen LogP contribution < -0.4 is 15.5 Å². The Bertz CT molecular complexity index is 816. The third kappa shape index (κ3) is 4.97. The standard InChI is InChI=1S/C20H25N5O2/c1-15-4-3-7-23-20(15)25-10-8-24(9-11-25)17-6-2-5-16(12-17)14-27-19(26)13-18(21)22/h2-7,12H,8-11,13-14H2,1H3,(H3,21,22). The maximum Gasteiger partial charge on any atom is 0.313 e. The summed E-state index contributed by atoms with van der Waals surface area (Å²) in [4.78, 5) is 20.7. The maximum atomic E-state index is 11.5. The van der Waals surface area contributed by atoms with Gasteiger partial charge in [0.1, 0.15) is 24.7 Å². The molecule has 2 heterocycles. The van der Waals surface area contributed by atoms with Crippen LogP contribution in [0.3, 0.4) is 0 Å². The number of benzene rings is 1. The van der Waals surface area contributed by atoms with E-state index >= 15 is 0 Å². The topological polar surface area (TPSA) is 95.5 Å². The number of hydrogen-bond acceptors (Lipinski definition) is 6. The van der Waals surface area contributed by atoms with Crippen molar-refractivity contribution in [1.29, 1.82) is 5.41 Å². The Morgan fingerprint density at radius 1 is 1.19 bits per heavy atom. The smallest absolute Gasteiger partial charge is 0.313 e. The van der Waals surface area contributed by atoms with Gasteiger partial charge in [0.25, 0.3) is 0 Å². The lowest BCUT2D eigenvalue weighted by Crippen LogP contribution is -2.47. The summed E-state index contributed by atoms with van der Waals surface area (Å²) < 4.78 is 5.17. The van der Waals surface area contributed by atoms with Crippen molar-refractivity contribution in [2.45, 2.75) is 20.0 Å². The monoisotopic (exact) mass is 367 g/mol. The molecule has 1 fully saturated rings. The van der Waals surface area contributed by atoms with Gasteiger partial charge in [0.05, 0.1) is 0 Å². The summed E-state index contributed by atoms with van der Waals surface area (Å²) in [6.45, 7) is 5.91. The molecule has 7 heteroatoms. The molecule has 0 spiro atoms. The van der Waals surface area contributed by atoms with Crippen molar-refractivity contribution in [2.24, 2.45) is 5.73 Å². The van der Waals surface area contributed by atoms with Gasteiger partial charge in [0.15, 0.2) is 0 Å². The number of rotatable bonds is 6. The number of aromatic nitrogens is 1. The zero-order valence-corrected chi connectivity index (χ0v) is 15.5. The molecule has 0 bridgehead atoms. The van der Waals surface area contributed by atoms with Crippen molar-refractivity contribution in [3.63, 3.8) is 0 Å². The minimum Gasteiger partial charge on any atom is -0.460 e. The molecule has 0 unspecified atom stereocenters. The average molecular weight is 367 g/mol. The highest BCUT2D eigenvalue weighted by atomic mass is 16.5. The number of carbonyl (C=O) groups is 1. The number of esters is 1. The quantitative estimate of drug-likeness (QED) is 0.461. The molecule has 1 aliphatic rings. The Balaban J connectivity index is 1.57. The number of carbonyl (C=O) groups excluding carboxylic acids is 1. The second-order valence-electron chi connectivity index (χ2n) is 6.65. The highest BCUT2D eigenvalue weighted by molar-refractivity contribution is 5.94. The number of nitrogens with two attached hydrogens (primary N) is 1. The molecular formula is C20H25N5O2. The van der Waals surface area contributed by atoms with E-state index in [-0.39, 0.29) is 18.9 Å². The minimum absolute atomic E-state index is 0.172. The number of ether oxygens (including phenoxy) is 1. The van der Waals surface area contributed by atoms with Crippen molar-refractivity contribution >= 4 is 23.3 Å². The summed E-state index contributed by atoms with van der Waals surface area (Å²) >= 11 is 0. The summed E-state index contributed by atoms with van der Waals surface area (Å²) in [5.74, 6) is 0.394. The number of piperazine rings is 1. The van der Waals surface area contributed by atoms with Crippen molar-refractivity contribution in [3.05, 3.63) is 53.7 Å². The van der Waals surface area contributed by atoms with E-state index in [0.29, 0.717) is 0 Å². The molecule has 3 N–H and O–H groups in total. The average Bonchev–Trinajstić information content (AvgIpc) is 2.67. The van der Waals surface area contributed by atoms with E-state index in [1.807, 2.05) is 30.5 Å². The Morgan fingerprint density at radius 2 is 1.93 bits per heavy atom. The van der Waals surface area contributed by atoms with Crippen molar-refractivity contribution in [3.8, 4) is 0 Å². The van der Waals surface area contributed by atoms with E-state index < -0.39 is 5.97 Å². The molecular weight excluding hydrogens is 342 g/mol. The molecule has 0 radical (unpaired) electrons. The van der Waals surface area contributed by atoms with Crippen molar-refractivity contribution < 1.29 is 9.53 Å². The zero-order chi connectivity index (χ0) is 19.2. The second kappa shape index (κ2) is 8.53. The largest absolute Gasteiger partial charge is 0.460 e. The lowest BCUT2D eigenvalue weighted by atomic mass is 10.1. The normalized spacial score (nSPS) is 14.1. The molecule has 2 aromatic rings. The number of nitrogens with one attached hydrogen (secondary N) is 1. The molecule has 1 aromatic heterocycles. The van der Waals surface area contributed by atoms with Crippen LogP contribution in [0.5, 0.6) is 0 Å². The van der Waals surface area contributed by atoms with E-state index in [2.05, 4.69) is 33.8 Å². The molecule has 1 aliphatic heterocycles. The number of nitrogens with zero attached hydrogens (tertiary/aromatic N) is 3. The van der Waals surface area contributed by atoms with Gasteiger partial charge < -0.3 is 20.3 Å². The van der Waals surface area contributed by atoms with Gasteiger partial charge in [0.2, 0.25) is 0 Å². The SMILES string of the molecule is Cc1cccnc1N1CCN(c2cccc(COC(=O)CC(=N)N)c2)CC1. The Hall–Kier alpha value is -3.09. The van der Waals surface area contributed by atoms with Gasteiger partial charge in [-0.3, -0.25) is 10.2 Å². The van der Waals surface area contributed by atoms with Gasteiger partial charge in [-0.05, 0) is 36.2 Å². The molecule has 0 aliphatic carbocycles. The predicted molar refractivity (Wildman–Crippen MR) is 106 cm³/mol. The molecule has 1 aromatic carbocycles. The summed E-state index contributed by atoms with van der Waals surface area (Å²) in [6.07, 6.45) is 1.67. The minimum atomic E-state index is -0.479. The number of aryl methyl sites for hydroxylation is 1. The second-order valence-corrected chi connectivity index (χ2v) is 6.65. The van der Waals surface area contributed by atoms with Gasteiger partial charge in [-0.2, -0.15) is 0 Å². The van der Waals surface area contributed by atoms with Crippen LogP contribution in [-0.2, 0) is 16.1 Å². The fraction of sp³-hybridized carbons (Fsp3) is 0.350. The lowest BCUT2D eigenvalue weighted by molar-refractivity contribution is -0.143. The van der Waals surface area contributed by atoms with Gasteiger partial charge in [0, 0.05) is 38.1 Å². The molecule has 3 rings (SSSR count). The fourth-order valence-electron chi connectivity index (χ4n) is 3.20. The van der Waals surface area contributed by atoms with Crippen LogP contribution in [-0.4, -0.2) is 43.0 Å². The lowest BCUT2D eigenvalue weighted by Gasteiger charge is -2.37. The molecule has 7 nitrogen and oxygen atoms in total. The first kappa shape index (κ1) is 18.7. The van der Waals surface area contributed by atoms with Crippen LogP contribution in [0.4, 0.5) is 11.5 Å². The molecule has 1 saturated heterocycles. The zero-order valence-electron chi connectivity index (χ0n) is 15.5. The van der Waals surface area contributed by atoms with E-state index in [1.54, 1.807) is 0 Å². The third-order valence-corrected chi connectivity index (χ3v) is 4.57. The van der Waals surface area contributed by atoms with Crippen LogP contribution in [0, 0.1) is 12.3 Å². The van der Waals surface area contributed by atoms with Gasteiger partial charge in [-0.15, -0.1) is 0 Å². The molecule has 0 atom stereocenters. The highest BCUT2D eigenvalue weighted by Crippen LogP contribution is 2.22. The summed E-state index contributed by atoms with van der Waals surface area (Å²) in [6, 6.07) is 12.1. The van der Waals surface area contributed by atoms with E-state index in [4.69, 9.17) is 15.9 Å². The first-order valence-corrected chi connectivity index (χ1v) is 9.02.